The van der Waals surface area contributed by atoms with Crippen LogP contribution >= 0.6 is 15.9 Å². The molecule has 1 heterocycles. The molecular weight excluding hydrogens is 326 g/mol. The zero-order valence-corrected chi connectivity index (χ0v) is 12.1. The number of halogens is 1. The number of rotatable bonds is 3. The number of nitrogens with one attached hydrogen (secondary N) is 1. The number of carbonyl (C=O) groups excluding carboxylic acids is 1. The van der Waals surface area contributed by atoms with Gasteiger partial charge in [0.05, 0.1) is 17.7 Å². The van der Waals surface area contributed by atoms with Crippen molar-refractivity contribution in [3.63, 3.8) is 0 Å². The second-order valence-electron chi connectivity index (χ2n) is 4.60. The van der Waals surface area contributed by atoms with Crippen molar-refractivity contribution in [1.82, 2.24) is 4.90 Å². The summed E-state index contributed by atoms with van der Waals surface area (Å²) in [4.78, 5) is 24.0. The van der Waals surface area contributed by atoms with E-state index in [1.165, 1.54) is 4.90 Å². The minimum atomic E-state index is -0.853. The number of aliphatic carboxylic acids is 1. The fraction of sp³-hybridized carbons (Fsp3) is 0.308. The predicted octanol–water partition coefficient (Wildman–Crippen LogP) is 2.26. The SMILES string of the molecule is N#Cc1ccc(Br)cc1NC(=O)N1CC(CC(=O)O)C1. The van der Waals surface area contributed by atoms with E-state index in [0.29, 0.717) is 24.3 Å². The van der Waals surface area contributed by atoms with Crippen LogP contribution in [0.1, 0.15) is 12.0 Å². The van der Waals surface area contributed by atoms with Crippen molar-refractivity contribution in [2.75, 3.05) is 18.4 Å². The lowest BCUT2D eigenvalue weighted by atomic mass is 9.97. The number of carbonyl (C=O) groups is 2. The maximum atomic E-state index is 11.9. The number of likely N-dealkylation sites (tertiary alicyclic amines) is 1. The van der Waals surface area contributed by atoms with Crippen LogP contribution in [-0.4, -0.2) is 35.1 Å². The standard InChI is InChI=1S/C13H12BrN3O3/c14-10-2-1-9(5-15)11(4-10)16-13(20)17-6-8(7-17)3-12(18)19/h1-2,4,8H,3,6-7H2,(H,16,20)(H,18,19). The van der Waals surface area contributed by atoms with Gasteiger partial charge in [0.2, 0.25) is 0 Å². The summed E-state index contributed by atoms with van der Waals surface area (Å²) in [6.07, 6.45) is 0.0735. The van der Waals surface area contributed by atoms with Crippen molar-refractivity contribution in [3.05, 3.63) is 28.2 Å². The van der Waals surface area contributed by atoms with Crippen LogP contribution in [0.25, 0.3) is 0 Å². The molecule has 0 spiro atoms. The van der Waals surface area contributed by atoms with E-state index in [1.807, 2.05) is 6.07 Å². The molecule has 0 radical (unpaired) electrons. The number of nitriles is 1. The van der Waals surface area contributed by atoms with Gasteiger partial charge in [-0.3, -0.25) is 4.79 Å². The number of urea groups is 1. The molecule has 0 atom stereocenters. The summed E-state index contributed by atoms with van der Waals surface area (Å²) in [5.74, 6) is -0.843. The third-order valence-electron chi connectivity index (χ3n) is 3.05. The molecule has 1 aliphatic rings. The molecule has 6 nitrogen and oxygen atoms in total. The summed E-state index contributed by atoms with van der Waals surface area (Å²) < 4.78 is 0.763. The fourth-order valence-corrected chi connectivity index (χ4v) is 2.38. The van der Waals surface area contributed by atoms with Crippen LogP contribution in [0.4, 0.5) is 10.5 Å². The predicted molar refractivity (Wildman–Crippen MR) is 75.2 cm³/mol. The summed E-state index contributed by atoms with van der Waals surface area (Å²) >= 11 is 3.28. The Balaban J connectivity index is 1.95. The molecule has 0 aromatic heterocycles. The highest BCUT2D eigenvalue weighted by molar-refractivity contribution is 9.10. The van der Waals surface area contributed by atoms with E-state index in [-0.39, 0.29) is 18.4 Å². The molecule has 2 amide bonds. The quantitative estimate of drug-likeness (QED) is 0.884. The molecular formula is C13H12BrN3O3. The van der Waals surface area contributed by atoms with E-state index in [1.54, 1.807) is 18.2 Å². The molecule has 2 N–H and O–H groups in total. The molecule has 7 heteroatoms. The average molecular weight is 338 g/mol. The third-order valence-corrected chi connectivity index (χ3v) is 3.54. The Labute approximate surface area is 124 Å². The van der Waals surface area contributed by atoms with Gasteiger partial charge in [-0.05, 0) is 18.2 Å². The first kappa shape index (κ1) is 14.3. The lowest BCUT2D eigenvalue weighted by Gasteiger charge is -2.38. The molecule has 0 aliphatic carbocycles. The van der Waals surface area contributed by atoms with Crippen LogP contribution in [0.3, 0.4) is 0 Å². The van der Waals surface area contributed by atoms with Gasteiger partial charge in [0, 0.05) is 23.5 Å². The molecule has 1 saturated heterocycles. The van der Waals surface area contributed by atoms with Gasteiger partial charge in [-0.25, -0.2) is 4.79 Å². The number of hydrogen-bond donors (Lipinski definition) is 2. The van der Waals surface area contributed by atoms with E-state index in [9.17, 15) is 9.59 Å². The molecule has 104 valence electrons. The van der Waals surface area contributed by atoms with Crippen LogP contribution < -0.4 is 5.32 Å². The number of hydrogen-bond acceptors (Lipinski definition) is 3. The lowest BCUT2D eigenvalue weighted by molar-refractivity contribution is -0.139. The number of benzene rings is 1. The number of amides is 2. The normalized spacial score (nSPS) is 14.3. The second-order valence-corrected chi connectivity index (χ2v) is 5.52. The third kappa shape index (κ3) is 3.27. The Hall–Kier alpha value is -2.07. The van der Waals surface area contributed by atoms with E-state index in [4.69, 9.17) is 10.4 Å². The van der Waals surface area contributed by atoms with E-state index < -0.39 is 5.97 Å². The zero-order chi connectivity index (χ0) is 14.7. The maximum absolute atomic E-state index is 11.9. The highest BCUT2D eigenvalue weighted by Crippen LogP contribution is 2.24. The average Bonchev–Trinajstić information content (AvgIpc) is 2.33. The topological polar surface area (TPSA) is 93.4 Å². The van der Waals surface area contributed by atoms with Crippen LogP contribution in [0.15, 0.2) is 22.7 Å². The van der Waals surface area contributed by atoms with E-state index in [0.717, 1.165) is 4.47 Å². The summed E-state index contributed by atoms with van der Waals surface area (Å²) in [5.41, 5.74) is 0.817. The summed E-state index contributed by atoms with van der Waals surface area (Å²) in [6.45, 7) is 0.849. The number of nitrogens with zero attached hydrogens (tertiary/aromatic N) is 2. The molecule has 20 heavy (non-hydrogen) atoms. The zero-order valence-electron chi connectivity index (χ0n) is 10.5. The summed E-state index contributed by atoms with van der Waals surface area (Å²) in [5, 5.41) is 20.3. The van der Waals surface area contributed by atoms with Gasteiger partial charge in [0.15, 0.2) is 0 Å². The largest absolute Gasteiger partial charge is 0.481 e. The van der Waals surface area contributed by atoms with Crippen molar-refractivity contribution in [2.24, 2.45) is 5.92 Å². The van der Waals surface area contributed by atoms with Crippen molar-refractivity contribution >= 4 is 33.6 Å². The first-order chi connectivity index (χ1) is 9.49. The minimum Gasteiger partial charge on any atom is -0.481 e. The second kappa shape index (κ2) is 5.92. The van der Waals surface area contributed by atoms with Crippen LogP contribution in [0.2, 0.25) is 0 Å². The highest BCUT2D eigenvalue weighted by atomic mass is 79.9. The molecule has 1 fully saturated rings. The molecule has 1 aliphatic heterocycles. The Kier molecular flexibility index (Phi) is 4.25. The lowest BCUT2D eigenvalue weighted by Crippen LogP contribution is -2.52. The van der Waals surface area contributed by atoms with Gasteiger partial charge >= 0.3 is 12.0 Å². The highest BCUT2D eigenvalue weighted by Gasteiger charge is 2.32. The maximum Gasteiger partial charge on any atom is 0.321 e. The molecule has 0 bridgehead atoms. The molecule has 1 aromatic carbocycles. The van der Waals surface area contributed by atoms with Gasteiger partial charge in [0.25, 0.3) is 0 Å². The van der Waals surface area contributed by atoms with Crippen LogP contribution in [0, 0.1) is 17.2 Å². The molecule has 2 rings (SSSR count). The minimum absolute atomic E-state index is 0.0104. The first-order valence-corrected chi connectivity index (χ1v) is 6.76. The molecule has 0 unspecified atom stereocenters. The smallest absolute Gasteiger partial charge is 0.321 e. The van der Waals surface area contributed by atoms with Crippen molar-refractivity contribution < 1.29 is 14.7 Å². The Morgan fingerprint density at radius 1 is 1.50 bits per heavy atom. The monoisotopic (exact) mass is 337 g/mol. The van der Waals surface area contributed by atoms with Gasteiger partial charge in [-0.15, -0.1) is 0 Å². The van der Waals surface area contributed by atoms with Crippen LogP contribution in [0.5, 0.6) is 0 Å². The van der Waals surface area contributed by atoms with Gasteiger partial charge < -0.3 is 15.3 Å². The molecule has 0 saturated carbocycles. The number of carboxylic acid groups (broad SMARTS) is 1. The Morgan fingerprint density at radius 2 is 2.20 bits per heavy atom. The van der Waals surface area contributed by atoms with Crippen LogP contribution in [-0.2, 0) is 4.79 Å². The molecule has 1 aromatic rings. The van der Waals surface area contributed by atoms with Gasteiger partial charge in [0.1, 0.15) is 6.07 Å². The number of anilines is 1. The van der Waals surface area contributed by atoms with Crippen molar-refractivity contribution in [2.45, 2.75) is 6.42 Å². The first-order valence-electron chi connectivity index (χ1n) is 5.97. The van der Waals surface area contributed by atoms with Crippen molar-refractivity contribution in [3.8, 4) is 6.07 Å². The number of carboxylic acids is 1. The van der Waals surface area contributed by atoms with E-state index >= 15 is 0 Å². The summed E-state index contributed by atoms with van der Waals surface area (Å²) in [6, 6.07) is 6.68. The Morgan fingerprint density at radius 3 is 2.80 bits per heavy atom. The van der Waals surface area contributed by atoms with Crippen molar-refractivity contribution in [1.29, 1.82) is 5.26 Å². The summed E-state index contributed by atoms with van der Waals surface area (Å²) in [7, 11) is 0. The Bertz CT molecular complexity index is 591. The fourth-order valence-electron chi connectivity index (χ4n) is 2.02. The van der Waals surface area contributed by atoms with E-state index in [2.05, 4.69) is 21.2 Å². The van der Waals surface area contributed by atoms with Gasteiger partial charge in [-0.1, -0.05) is 15.9 Å². The van der Waals surface area contributed by atoms with Gasteiger partial charge in [-0.2, -0.15) is 5.26 Å².